The summed E-state index contributed by atoms with van der Waals surface area (Å²) in [5.41, 5.74) is 7.00. The molecule has 0 unspecified atom stereocenters. The third-order valence-corrected chi connectivity index (χ3v) is 3.11. The van der Waals surface area contributed by atoms with Crippen LogP contribution >= 0.6 is 11.8 Å². The lowest BCUT2D eigenvalue weighted by Gasteiger charge is -1.98. The molecule has 0 amide bonds. The van der Waals surface area contributed by atoms with Gasteiger partial charge in [0.15, 0.2) is 0 Å². The van der Waals surface area contributed by atoms with Crippen LogP contribution in [0.5, 0.6) is 0 Å². The smallest absolute Gasteiger partial charge is 0.147 e. The van der Waals surface area contributed by atoms with Crippen molar-refractivity contribution in [2.24, 2.45) is 7.05 Å². The van der Waals surface area contributed by atoms with Gasteiger partial charge in [0.2, 0.25) is 0 Å². The molecule has 5 nitrogen and oxygen atoms in total. The van der Waals surface area contributed by atoms with Crippen LogP contribution in [0.25, 0.3) is 11.0 Å². The molecule has 2 rings (SSSR count). The van der Waals surface area contributed by atoms with E-state index in [1.807, 2.05) is 17.9 Å². The highest BCUT2D eigenvalue weighted by Crippen LogP contribution is 2.31. The second-order valence-corrected chi connectivity index (χ2v) is 3.81. The van der Waals surface area contributed by atoms with Gasteiger partial charge in [-0.25, -0.2) is 9.97 Å². The van der Waals surface area contributed by atoms with Crippen LogP contribution in [0.4, 0.5) is 5.82 Å². The Kier molecular flexibility index (Phi) is 2.25. The zero-order valence-electron chi connectivity index (χ0n) is 8.35. The number of rotatable bonds is 1. The Labute approximate surface area is 90.9 Å². The van der Waals surface area contributed by atoms with E-state index in [2.05, 4.69) is 16.0 Å². The molecule has 0 spiro atoms. The van der Waals surface area contributed by atoms with Crippen LogP contribution in [0.2, 0.25) is 0 Å². The Morgan fingerprint density at radius 2 is 2.27 bits per heavy atom. The van der Waals surface area contributed by atoms with E-state index in [0.29, 0.717) is 22.4 Å². The molecule has 0 radical (unpaired) electrons. The molecule has 0 saturated heterocycles. The largest absolute Gasteiger partial charge is 0.383 e. The van der Waals surface area contributed by atoms with E-state index in [9.17, 15) is 0 Å². The summed E-state index contributed by atoms with van der Waals surface area (Å²) in [6.45, 7) is 0. The Hall–Kier alpha value is -1.74. The second-order valence-electron chi connectivity index (χ2n) is 3.01. The van der Waals surface area contributed by atoms with Gasteiger partial charge in [0.05, 0.1) is 16.0 Å². The van der Waals surface area contributed by atoms with E-state index in [1.165, 1.54) is 18.1 Å². The maximum Gasteiger partial charge on any atom is 0.147 e. The first-order valence-corrected chi connectivity index (χ1v) is 5.46. The van der Waals surface area contributed by atoms with Crippen LogP contribution in [0.15, 0.2) is 11.4 Å². The van der Waals surface area contributed by atoms with Crippen LogP contribution in [-0.2, 0) is 7.05 Å². The first-order valence-electron chi connectivity index (χ1n) is 4.23. The fourth-order valence-electron chi connectivity index (χ4n) is 1.60. The van der Waals surface area contributed by atoms with Gasteiger partial charge in [0.25, 0.3) is 0 Å². The number of hydrogen-bond acceptors (Lipinski definition) is 5. The summed E-state index contributed by atoms with van der Waals surface area (Å²) >= 11 is 1.50. The van der Waals surface area contributed by atoms with Crippen molar-refractivity contribution in [3.63, 3.8) is 0 Å². The number of hydrogen-bond donors (Lipinski definition) is 1. The number of thioether (sulfide) groups is 1. The summed E-state index contributed by atoms with van der Waals surface area (Å²) in [5, 5.41) is 10.6. The summed E-state index contributed by atoms with van der Waals surface area (Å²) in [5.74, 6) is 0.354. The fraction of sp³-hybridized carbons (Fsp3) is 0.222. The van der Waals surface area contributed by atoms with Gasteiger partial charge in [-0.1, -0.05) is 0 Å². The number of aryl methyl sites for hydroxylation is 1. The lowest BCUT2D eigenvalue weighted by atomic mass is 10.2. The molecular formula is C9H9N5S. The SMILES string of the molecule is CSc1c(C#N)c2c(N)ncnc2n1C. The lowest BCUT2D eigenvalue weighted by molar-refractivity contribution is 0.844. The molecule has 6 heteroatoms. The number of nitrogen functional groups attached to an aromatic ring is 1. The minimum Gasteiger partial charge on any atom is -0.383 e. The van der Waals surface area contributed by atoms with Crippen molar-refractivity contribution in [3.05, 3.63) is 11.9 Å². The van der Waals surface area contributed by atoms with Gasteiger partial charge in [-0.2, -0.15) is 5.26 Å². The highest BCUT2D eigenvalue weighted by Gasteiger charge is 2.17. The number of anilines is 1. The third-order valence-electron chi connectivity index (χ3n) is 2.25. The third kappa shape index (κ3) is 1.24. The second kappa shape index (κ2) is 3.44. The van der Waals surface area contributed by atoms with Crippen molar-refractivity contribution in [2.45, 2.75) is 5.03 Å². The number of nitrogens with two attached hydrogens (primary N) is 1. The Morgan fingerprint density at radius 3 is 2.87 bits per heavy atom. The van der Waals surface area contributed by atoms with E-state index in [4.69, 9.17) is 11.0 Å². The molecule has 0 aliphatic rings. The molecule has 76 valence electrons. The molecule has 0 saturated carbocycles. The van der Waals surface area contributed by atoms with Crippen LogP contribution in [0.1, 0.15) is 5.56 Å². The molecule has 0 bridgehead atoms. The van der Waals surface area contributed by atoms with Crippen molar-refractivity contribution >= 4 is 28.6 Å². The quantitative estimate of drug-likeness (QED) is 0.727. The van der Waals surface area contributed by atoms with Crippen LogP contribution < -0.4 is 5.73 Å². The zero-order chi connectivity index (χ0) is 11.0. The summed E-state index contributed by atoms with van der Waals surface area (Å²) in [6, 6.07) is 2.15. The molecule has 0 atom stereocenters. The minimum absolute atomic E-state index is 0.354. The topological polar surface area (TPSA) is 80.5 Å². The zero-order valence-corrected chi connectivity index (χ0v) is 9.17. The molecule has 2 heterocycles. The maximum atomic E-state index is 9.10. The minimum atomic E-state index is 0.354. The predicted molar refractivity (Wildman–Crippen MR) is 59.4 cm³/mol. The van der Waals surface area contributed by atoms with Crippen molar-refractivity contribution in [1.29, 1.82) is 5.26 Å². The first kappa shape index (κ1) is 9.80. The average Bonchev–Trinajstić information content (AvgIpc) is 2.53. The van der Waals surface area contributed by atoms with Gasteiger partial charge in [0.1, 0.15) is 23.9 Å². The van der Waals surface area contributed by atoms with Gasteiger partial charge in [-0.15, -0.1) is 11.8 Å². The molecule has 15 heavy (non-hydrogen) atoms. The number of fused-ring (bicyclic) bond motifs is 1. The summed E-state index contributed by atoms with van der Waals surface area (Å²) in [6.07, 6.45) is 3.32. The van der Waals surface area contributed by atoms with E-state index in [0.717, 1.165) is 5.03 Å². The molecule has 0 aromatic carbocycles. The molecular weight excluding hydrogens is 210 g/mol. The van der Waals surface area contributed by atoms with E-state index in [1.54, 1.807) is 0 Å². The number of nitrogens with zero attached hydrogens (tertiary/aromatic N) is 4. The standard InChI is InChI=1S/C9H9N5S/c1-14-8-6(7(11)12-4-13-8)5(3-10)9(14)15-2/h4H,1-2H3,(H2,11,12,13). The average molecular weight is 219 g/mol. The lowest BCUT2D eigenvalue weighted by Crippen LogP contribution is -1.95. The van der Waals surface area contributed by atoms with E-state index in [-0.39, 0.29) is 0 Å². The summed E-state index contributed by atoms with van der Waals surface area (Å²) in [7, 11) is 1.86. The number of aromatic nitrogens is 3. The van der Waals surface area contributed by atoms with Crippen molar-refractivity contribution in [1.82, 2.24) is 14.5 Å². The van der Waals surface area contributed by atoms with Gasteiger partial charge in [0, 0.05) is 7.05 Å². The van der Waals surface area contributed by atoms with Gasteiger partial charge in [-0.05, 0) is 6.26 Å². The van der Waals surface area contributed by atoms with Gasteiger partial charge >= 0.3 is 0 Å². The first-order chi connectivity index (χ1) is 7.20. The van der Waals surface area contributed by atoms with Crippen LogP contribution in [-0.4, -0.2) is 20.8 Å². The molecule has 0 aliphatic heterocycles. The van der Waals surface area contributed by atoms with Crippen molar-refractivity contribution in [3.8, 4) is 6.07 Å². The molecule has 0 fully saturated rings. The summed E-state index contributed by atoms with van der Waals surface area (Å²) in [4.78, 5) is 8.02. The molecule has 2 aromatic rings. The van der Waals surface area contributed by atoms with Crippen LogP contribution in [0.3, 0.4) is 0 Å². The fourth-order valence-corrected chi connectivity index (χ4v) is 2.31. The van der Waals surface area contributed by atoms with Crippen molar-refractivity contribution < 1.29 is 0 Å². The Bertz CT molecular complexity index is 566. The van der Waals surface area contributed by atoms with Crippen LogP contribution in [0, 0.1) is 11.3 Å². The number of nitriles is 1. The van der Waals surface area contributed by atoms with E-state index >= 15 is 0 Å². The Morgan fingerprint density at radius 1 is 1.53 bits per heavy atom. The molecule has 0 aliphatic carbocycles. The molecule has 2 N–H and O–H groups in total. The maximum absolute atomic E-state index is 9.10. The summed E-state index contributed by atoms with van der Waals surface area (Å²) < 4.78 is 1.86. The highest BCUT2D eigenvalue weighted by atomic mass is 32.2. The van der Waals surface area contributed by atoms with E-state index < -0.39 is 0 Å². The molecule has 2 aromatic heterocycles. The monoisotopic (exact) mass is 219 g/mol. The predicted octanol–water partition coefficient (Wildman–Crippen LogP) is 1.14. The van der Waals surface area contributed by atoms with Gasteiger partial charge in [-0.3, -0.25) is 0 Å². The highest BCUT2D eigenvalue weighted by molar-refractivity contribution is 7.98. The van der Waals surface area contributed by atoms with Gasteiger partial charge < -0.3 is 10.3 Å². The normalized spacial score (nSPS) is 10.5. The van der Waals surface area contributed by atoms with Crippen molar-refractivity contribution in [2.75, 3.05) is 12.0 Å². The Balaban J connectivity index is 3.00.